The van der Waals surface area contributed by atoms with Gasteiger partial charge in [0.25, 0.3) is 0 Å². The number of hydrogen-bond acceptors (Lipinski definition) is 4. The Hall–Kier alpha value is -2.62. The fourth-order valence-electron chi connectivity index (χ4n) is 2.50. The smallest absolute Gasteiger partial charge is 0.338 e. The van der Waals surface area contributed by atoms with Gasteiger partial charge in [0.05, 0.1) is 17.7 Å². The summed E-state index contributed by atoms with van der Waals surface area (Å²) in [6, 6.07) is 17.8. The molecule has 0 fully saturated rings. The van der Waals surface area contributed by atoms with Crippen LogP contribution in [0.3, 0.4) is 0 Å². The largest absolute Gasteiger partial charge is 0.462 e. The molecule has 0 aromatic heterocycles. The van der Waals surface area contributed by atoms with E-state index >= 15 is 0 Å². The number of carbonyl (C=O) groups excluding carboxylic acids is 2. The Bertz CT molecular complexity index is 667. The molecule has 2 aromatic carbocycles. The van der Waals surface area contributed by atoms with Gasteiger partial charge in [-0.2, -0.15) is 0 Å². The third-order valence-electron chi connectivity index (χ3n) is 3.96. The van der Waals surface area contributed by atoms with E-state index in [-0.39, 0.29) is 30.6 Å². The highest BCUT2D eigenvalue weighted by Gasteiger charge is 2.23. The van der Waals surface area contributed by atoms with Crippen molar-refractivity contribution >= 4 is 11.9 Å². The fraction of sp³-hybridized carbons (Fsp3) is 0.333. The Labute approximate surface area is 148 Å². The SMILES string of the molecule is CCCC(OC(=O)c1ccccc1)C(C)COC(=O)c1ccccc1. The molecule has 2 atom stereocenters. The molecule has 0 amide bonds. The first-order valence-corrected chi connectivity index (χ1v) is 8.60. The lowest BCUT2D eigenvalue weighted by molar-refractivity contribution is -0.00315. The van der Waals surface area contributed by atoms with Crippen LogP contribution in [0.5, 0.6) is 0 Å². The van der Waals surface area contributed by atoms with Gasteiger partial charge in [0.15, 0.2) is 0 Å². The van der Waals surface area contributed by atoms with Crippen molar-refractivity contribution in [3.05, 3.63) is 71.8 Å². The van der Waals surface area contributed by atoms with Crippen molar-refractivity contribution in [3.8, 4) is 0 Å². The molecule has 2 rings (SSSR count). The van der Waals surface area contributed by atoms with Crippen molar-refractivity contribution in [1.82, 2.24) is 0 Å². The maximum absolute atomic E-state index is 12.3. The number of benzene rings is 2. The highest BCUT2D eigenvalue weighted by Crippen LogP contribution is 2.17. The normalized spacial score (nSPS) is 12.9. The summed E-state index contributed by atoms with van der Waals surface area (Å²) in [5.41, 5.74) is 1.04. The van der Waals surface area contributed by atoms with Gasteiger partial charge in [0.1, 0.15) is 6.10 Å². The van der Waals surface area contributed by atoms with E-state index in [4.69, 9.17) is 9.47 Å². The van der Waals surface area contributed by atoms with Crippen molar-refractivity contribution in [2.24, 2.45) is 5.92 Å². The van der Waals surface area contributed by atoms with Crippen LogP contribution in [-0.2, 0) is 9.47 Å². The average Bonchev–Trinajstić information content (AvgIpc) is 2.66. The lowest BCUT2D eigenvalue weighted by atomic mass is 10.0. The van der Waals surface area contributed by atoms with Crippen LogP contribution in [0.25, 0.3) is 0 Å². The molecular weight excluding hydrogens is 316 g/mol. The molecule has 0 aliphatic rings. The molecule has 0 saturated carbocycles. The molecule has 0 saturated heterocycles. The van der Waals surface area contributed by atoms with Gasteiger partial charge >= 0.3 is 11.9 Å². The molecule has 0 radical (unpaired) electrons. The molecule has 2 unspecified atom stereocenters. The monoisotopic (exact) mass is 340 g/mol. The molecule has 25 heavy (non-hydrogen) atoms. The molecule has 132 valence electrons. The summed E-state index contributed by atoms with van der Waals surface area (Å²) in [4.78, 5) is 24.3. The minimum Gasteiger partial charge on any atom is -0.462 e. The first-order chi connectivity index (χ1) is 12.1. The predicted octanol–water partition coefficient (Wildman–Crippen LogP) is 4.51. The zero-order chi connectivity index (χ0) is 18.1. The van der Waals surface area contributed by atoms with Crippen LogP contribution < -0.4 is 0 Å². The molecule has 4 nitrogen and oxygen atoms in total. The van der Waals surface area contributed by atoms with Crippen molar-refractivity contribution in [2.45, 2.75) is 32.8 Å². The topological polar surface area (TPSA) is 52.6 Å². The molecule has 0 heterocycles. The Morgan fingerprint density at radius 3 is 1.92 bits per heavy atom. The maximum Gasteiger partial charge on any atom is 0.338 e. The van der Waals surface area contributed by atoms with Crippen molar-refractivity contribution in [3.63, 3.8) is 0 Å². The third kappa shape index (κ3) is 5.75. The first kappa shape index (κ1) is 18.7. The number of rotatable bonds is 8. The lowest BCUT2D eigenvalue weighted by Gasteiger charge is -2.23. The Morgan fingerprint density at radius 2 is 1.40 bits per heavy atom. The predicted molar refractivity (Wildman–Crippen MR) is 96.4 cm³/mol. The van der Waals surface area contributed by atoms with Crippen LogP contribution in [0.15, 0.2) is 60.7 Å². The summed E-state index contributed by atoms with van der Waals surface area (Å²) in [6.07, 6.45) is 1.31. The molecule has 0 N–H and O–H groups in total. The third-order valence-corrected chi connectivity index (χ3v) is 3.96. The zero-order valence-corrected chi connectivity index (χ0v) is 14.7. The second-order valence-corrected chi connectivity index (χ2v) is 6.04. The lowest BCUT2D eigenvalue weighted by Crippen LogP contribution is -2.29. The van der Waals surface area contributed by atoms with E-state index in [9.17, 15) is 9.59 Å². The van der Waals surface area contributed by atoms with Crippen molar-refractivity contribution in [1.29, 1.82) is 0 Å². The van der Waals surface area contributed by atoms with E-state index in [1.165, 1.54) is 0 Å². The molecule has 2 aromatic rings. The fourth-order valence-corrected chi connectivity index (χ4v) is 2.50. The van der Waals surface area contributed by atoms with Gasteiger partial charge in [0, 0.05) is 5.92 Å². The van der Waals surface area contributed by atoms with Gasteiger partial charge in [0.2, 0.25) is 0 Å². The van der Waals surface area contributed by atoms with Crippen LogP contribution in [0.4, 0.5) is 0 Å². The molecule has 0 spiro atoms. The summed E-state index contributed by atoms with van der Waals surface area (Å²) in [6.45, 7) is 4.17. The molecule has 0 aliphatic heterocycles. The molecular formula is C21H24O4. The van der Waals surface area contributed by atoms with Gasteiger partial charge < -0.3 is 9.47 Å². The van der Waals surface area contributed by atoms with Gasteiger partial charge in [-0.25, -0.2) is 9.59 Å². The minimum atomic E-state index is -0.364. The van der Waals surface area contributed by atoms with E-state index < -0.39 is 0 Å². The zero-order valence-electron chi connectivity index (χ0n) is 14.7. The second kappa shape index (κ2) is 9.62. The molecule has 0 bridgehead atoms. The van der Waals surface area contributed by atoms with E-state index in [0.29, 0.717) is 11.1 Å². The van der Waals surface area contributed by atoms with Gasteiger partial charge in [-0.1, -0.05) is 56.7 Å². The molecule has 0 aliphatic carbocycles. The summed E-state index contributed by atoms with van der Waals surface area (Å²) in [5.74, 6) is -0.794. The summed E-state index contributed by atoms with van der Waals surface area (Å²) in [7, 11) is 0. The summed E-state index contributed by atoms with van der Waals surface area (Å²) in [5, 5.41) is 0. The van der Waals surface area contributed by atoms with Gasteiger partial charge in [-0.3, -0.25) is 0 Å². The standard InChI is InChI=1S/C21H24O4/c1-3-10-19(25-21(23)18-13-8-5-9-14-18)16(2)15-24-20(22)17-11-6-4-7-12-17/h4-9,11-14,16,19H,3,10,15H2,1-2H3. The van der Waals surface area contributed by atoms with Crippen LogP contribution in [0, 0.1) is 5.92 Å². The van der Waals surface area contributed by atoms with E-state index in [1.807, 2.05) is 26.0 Å². The first-order valence-electron chi connectivity index (χ1n) is 8.60. The molecule has 4 heteroatoms. The number of ether oxygens (including phenoxy) is 2. The van der Waals surface area contributed by atoms with Crippen LogP contribution in [-0.4, -0.2) is 24.6 Å². The highest BCUT2D eigenvalue weighted by atomic mass is 16.6. The van der Waals surface area contributed by atoms with Gasteiger partial charge in [-0.15, -0.1) is 0 Å². The van der Waals surface area contributed by atoms with Gasteiger partial charge in [-0.05, 0) is 30.7 Å². The average molecular weight is 340 g/mol. The van der Waals surface area contributed by atoms with E-state index in [2.05, 4.69) is 0 Å². The number of carbonyl (C=O) groups is 2. The summed E-state index contributed by atoms with van der Waals surface area (Å²) >= 11 is 0. The van der Waals surface area contributed by atoms with Crippen molar-refractivity contribution < 1.29 is 19.1 Å². The highest BCUT2D eigenvalue weighted by molar-refractivity contribution is 5.89. The Morgan fingerprint density at radius 1 is 0.880 bits per heavy atom. The van der Waals surface area contributed by atoms with Crippen molar-refractivity contribution in [2.75, 3.05) is 6.61 Å². The van der Waals surface area contributed by atoms with E-state index in [1.54, 1.807) is 48.5 Å². The van der Waals surface area contributed by atoms with Crippen LogP contribution in [0.1, 0.15) is 47.4 Å². The summed E-state index contributed by atoms with van der Waals surface area (Å²) < 4.78 is 11.0. The quantitative estimate of drug-likeness (QED) is 0.664. The Kier molecular flexibility index (Phi) is 7.20. The maximum atomic E-state index is 12.3. The van der Waals surface area contributed by atoms with Crippen LogP contribution >= 0.6 is 0 Å². The number of hydrogen-bond donors (Lipinski definition) is 0. The second-order valence-electron chi connectivity index (χ2n) is 6.04. The van der Waals surface area contributed by atoms with E-state index in [0.717, 1.165) is 12.8 Å². The Balaban J connectivity index is 1.92. The minimum absolute atomic E-state index is 0.0831. The number of esters is 2. The van der Waals surface area contributed by atoms with Crippen LogP contribution in [0.2, 0.25) is 0 Å².